The largest absolute Gasteiger partial charge is 0.479 e. The predicted octanol–water partition coefficient (Wildman–Crippen LogP) is 1.31. The minimum Gasteiger partial charge on any atom is -0.479 e. The maximum Gasteiger partial charge on any atom is 0.341 e. The van der Waals surface area contributed by atoms with Crippen LogP contribution in [0.25, 0.3) is 0 Å². The maximum atomic E-state index is 10.1. The number of aromatic nitrogens is 1. The topological polar surface area (TPSA) is 59.4 Å². The Morgan fingerprint density at radius 2 is 2.42 bits per heavy atom. The van der Waals surface area contributed by atoms with E-state index in [1.807, 2.05) is 0 Å². The normalized spacial score (nSPS) is 9.42. The maximum absolute atomic E-state index is 10.1. The first-order valence-corrected chi connectivity index (χ1v) is 3.94. The Morgan fingerprint density at radius 3 is 2.92 bits per heavy atom. The second-order valence-corrected chi connectivity index (χ2v) is 2.91. The summed E-state index contributed by atoms with van der Waals surface area (Å²) in [4.78, 5) is 13.9. The Hall–Kier alpha value is -1.10. The lowest BCUT2D eigenvalue weighted by Gasteiger charge is -2.00. The van der Waals surface area contributed by atoms with Crippen molar-refractivity contribution in [3.8, 4) is 5.88 Å². The van der Waals surface area contributed by atoms with Crippen LogP contribution < -0.4 is 4.74 Å². The van der Waals surface area contributed by atoms with Crippen molar-refractivity contribution < 1.29 is 14.6 Å². The van der Waals surface area contributed by atoms with Crippen molar-refractivity contribution in [1.82, 2.24) is 4.98 Å². The standard InChI is InChI=1S/C7H6BrNO3/c8-5-1-2-6(9-3-5)12-4-7(10)11/h1-3H,4H2,(H,10,11). The van der Waals surface area contributed by atoms with Crippen molar-refractivity contribution in [3.63, 3.8) is 0 Å². The number of hydrogen-bond acceptors (Lipinski definition) is 3. The minimum atomic E-state index is -1.01. The second kappa shape index (κ2) is 4.06. The number of carboxylic acid groups (broad SMARTS) is 1. The molecule has 4 nitrogen and oxygen atoms in total. The molecule has 0 saturated carbocycles. The minimum absolute atomic E-state index is 0.306. The highest BCUT2D eigenvalue weighted by molar-refractivity contribution is 9.10. The molecule has 12 heavy (non-hydrogen) atoms. The summed E-state index contributed by atoms with van der Waals surface area (Å²) >= 11 is 3.19. The number of hydrogen-bond donors (Lipinski definition) is 1. The smallest absolute Gasteiger partial charge is 0.341 e. The summed E-state index contributed by atoms with van der Waals surface area (Å²) in [5.74, 6) is -0.708. The Bertz CT molecular complexity index is 272. The molecule has 64 valence electrons. The molecule has 0 atom stereocenters. The van der Waals surface area contributed by atoms with E-state index in [1.165, 1.54) is 6.20 Å². The highest BCUT2D eigenvalue weighted by atomic mass is 79.9. The fourth-order valence-corrected chi connectivity index (χ4v) is 0.818. The molecule has 0 unspecified atom stereocenters. The number of carboxylic acids is 1. The molecule has 0 spiro atoms. The Labute approximate surface area is 77.3 Å². The molecule has 5 heteroatoms. The summed E-state index contributed by atoms with van der Waals surface area (Å²) in [6, 6.07) is 3.32. The number of aliphatic carboxylic acids is 1. The molecule has 1 aromatic heterocycles. The fourth-order valence-electron chi connectivity index (χ4n) is 0.583. The third kappa shape index (κ3) is 2.87. The van der Waals surface area contributed by atoms with Crippen molar-refractivity contribution in [2.75, 3.05) is 6.61 Å². The van der Waals surface area contributed by atoms with Crippen LogP contribution in [0, 0.1) is 0 Å². The van der Waals surface area contributed by atoms with Gasteiger partial charge in [0.25, 0.3) is 0 Å². The third-order valence-electron chi connectivity index (χ3n) is 1.04. The zero-order valence-corrected chi connectivity index (χ0v) is 7.61. The number of rotatable bonds is 3. The van der Waals surface area contributed by atoms with E-state index in [4.69, 9.17) is 9.84 Å². The van der Waals surface area contributed by atoms with Crippen LogP contribution in [-0.4, -0.2) is 22.7 Å². The Morgan fingerprint density at radius 1 is 1.67 bits per heavy atom. The summed E-state index contributed by atoms with van der Waals surface area (Å²) in [6.07, 6.45) is 1.54. The van der Waals surface area contributed by atoms with Crippen molar-refractivity contribution in [2.24, 2.45) is 0 Å². The highest BCUT2D eigenvalue weighted by Crippen LogP contribution is 2.11. The quantitative estimate of drug-likeness (QED) is 0.853. The van der Waals surface area contributed by atoms with E-state index in [0.717, 1.165) is 4.47 Å². The van der Waals surface area contributed by atoms with Crippen LogP contribution in [0.3, 0.4) is 0 Å². The van der Waals surface area contributed by atoms with E-state index >= 15 is 0 Å². The SMILES string of the molecule is O=C(O)COc1ccc(Br)cn1. The van der Waals surface area contributed by atoms with Gasteiger partial charge < -0.3 is 9.84 Å². The van der Waals surface area contributed by atoms with Crippen molar-refractivity contribution in [2.45, 2.75) is 0 Å². The first-order valence-electron chi connectivity index (χ1n) is 3.14. The summed E-state index contributed by atoms with van der Waals surface area (Å²) in [5, 5.41) is 8.27. The zero-order chi connectivity index (χ0) is 8.97. The fraction of sp³-hybridized carbons (Fsp3) is 0.143. The van der Waals surface area contributed by atoms with Gasteiger partial charge in [0.05, 0.1) is 0 Å². The first-order chi connectivity index (χ1) is 5.68. The monoisotopic (exact) mass is 231 g/mol. The van der Waals surface area contributed by atoms with Crippen molar-refractivity contribution in [3.05, 3.63) is 22.8 Å². The molecular weight excluding hydrogens is 226 g/mol. The van der Waals surface area contributed by atoms with Gasteiger partial charge in [-0.15, -0.1) is 0 Å². The molecule has 0 fully saturated rings. The van der Waals surface area contributed by atoms with E-state index in [1.54, 1.807) is 12.1 Å². The van der Waals surface area contributed by atoms with E-state index in [9.17, 15) is 4.79 Å². The average Bonchev–Trinajstić information content (AvgIpc) is 2.03. The molecule has 0 aliphatic heterocycles. The van der Waals surface area contributed by atoms with Crippen LogP contribution in [0.15, 0.2) is 22.8 Å². The summed E-state index contributed by atoms with van der Waals surface area (Å²) in [6.45, 7) is -0.366. The number of halogens is 1. The first kappa shape index (κ1) is 8.99. The number of carbonyl (C=O) groups is 1. The molecule has 1 aromatic rings. The highest BCUT2D eigenvalue weighted by Gasteiger charge is 1.98. The van der Waals surface area contributed by atoms with Crippen LogP contribution in [0.5, 0.6) is 5.88 Å². The van der Waals surface area contributed by atoms with Gasteiger partial charge in [0.15, 0.2) is 6.61 Å². The van der Waals surface area contributed by atoms with Crippen LogP contribution in [0.1, 0.15) is 0 Å². The summed E-state index contributed by atoms with van der Waals surface area (Å²) in [5.41, 5.74) is 0. The zero-order valence-electron chi connectivity index (χ0n) is 6.03. The van der Waals surface area contributed by atoms with Gasteiger partial charge in [-0.1, -0.05) is 0 Å². The molecule has 0 bridgehead atoms. The van der Waals surface area contributed by atoms with Gasteiger partial charge in [-0.2, -0.15) is 0 Å². The summed E-state index contributed by atoms with van der Waals surface area (Å²) in [7, 11) is 0. The van der Waals surface area contributed by atoms with Gasteiger partial charge in [0.1, 0.15) is 0 Å². The van der Waals surface area contributed by atoms with Crippen LogP contribution in [0.2, 0.25) is 0 Å². The van der Waals surface area contributed by atoms with Gasteiger partial charge in [0, 0.05) is 16.7 Å². The Kier molecular flexibility index (Phi) is 3.04. The number of pyridine rings is 1. The second-order valence-electron chi connectivity index (χ2n) is 2.00. The van der Waals surface area contributed by atoms with Gasteiger partial charge >= 0.3 is 5.97 Å². The van der Waals surface area contributed by atoms with E-state index in [-0.39, 0.29) is 6.61 Å². The van der Waals surface area contributed by atoms with Crippen LogP contribution in [-0.2, 0) is 4.79 Å². The van der Waals surface area contributed by atoms with Gasteiger partial charge in [0.2, 0.25) is 5.88 Å². The van der Waals surface area contributed by atoms with Crippen LogP contribution in [0.4, 0.5) is 0 Å². The molecule has 0 aliphatic carbocycles. The summed E-state index contributed by atoms with van der Waals surface area (Å²) < 4.78 is 5.62. The molecule has 1 N–H and O–H groups in total. The number of ether oxygens (including phenoxy) is 1. The van der Waals surface area contributed by atoms with Crippen LogP contribution >= 0.6 is 15.9 Å². The Balaban J connectivity index is 2.53. The van der Waals surface area contributed by atoms with E-state index in [0.29, 0.717) is 5.88 Å². The van der Waals surface area contributed by atoms with Gasteiger partial charge in [-0.05, 0) is 22.0 Å². The number of nitrogens with zero attached hydrogens (tertiary/aromatic N) is 1. The molecule has 0 radical (unpaired) electrons. The van der Waals surface area contributed by atoms with Crippen molar-refractivity contribution in [1.29, 1.82) is 0 Å². The molecule has 0 aromatic carbocycles. The molecule has 0 amide bonds. The lowest BCUT2D eigenvalue weighted by Crippen LogP contribution is -2.09. The predicted molar refractivity (Wildman–Crippen MR) is 45.1 cm³/mol. The van der Waals surface area contributed by atoms with Crippen molar-refractivity contribution >= 4 is 21.9 Å². The third-order valence-corrected chi connectivity index (χ3v) is 1.51. The molecule has 1 rings (SSSR count). The van der Waals surface area contributed by atoms with Gasteiger partial charge in [-0.3, -0.25) is 0 Å². The van der Waals surface area contributed by atoms with E-state index < -0.39 is 5.97 Å². The molecular formula is C7H6BrNO3. The van der Waals surface area contributed by atoms with E-state index in [2.05, 4.69) is 20.9 Å². The molecule has 1 heterocycles. The average molecular weight is 232 g/mol. The molecule has 0 aliphatic rings. The lowest BCUT2D eigenvalue weighted by molar-refractivity contribution is -0.139. The van der Waals surface area contributed by atoms with Gasteiger partial charge in [-0.25, -0.2) is 9.78 Å². The molecule has 0 saturated heterocycles. The lowest BCUT2D eigenvalue weighted by atomic mass is 10.5.